The Labute approximate surface area is 120 Å². The Morgan fingerprint density at radius 3 is 3.06 bits per heavy atom. The predicted molar refractivity (Wildman–Crippen MR) is 85.9 cm³/mol. The normalized spacial score (nSPS) is 29.9. The lowest BCUT2D eigenvalue weighted by molar-refractivity contribution is 0.311. The van der Waals surface area contributed by atoms with Crippen LogP contribution in [0.3, 0.4) is 0 Å². The zero-order valence-electron chi connectivity index (χ0n) is 11.5. The van der Waals surface area contributed by atoms with Gasteiger partial charge in [0.1, 0.15) is 0 Å². The molecule has 2 rings (SSSR count). The van der Waals surface area contributed by atoms with Crippen molar-refractivity contribution >= 4 is 28.7 Å². The van der Waals surface area contributed by atoms with E-state index in [4.69, 9.17) is 4.99 Å². The first-order valence-corrected chi connectivity index (χ1v) is 9.71. The van der Waals surface area contributed by atoms with Crippen molar-refractivity contribution in [2.45, 2.75) is 51.0 Å². The molecule has 2 nitrogen and oxygen atoms in total. The van der Waals surface area contributed by atoms with E-state index in [1.54, 1.807) is 0 Å². The van der Waals surface area contributed by atoms with Crippen molar-refractivity contribution in [2.75, 3.05) is 24.3 Å². The molecule has 1 saturated carbocycles. The summed E-state index contributed by atoms with van der Waals surface area (Å²) in [6, 6.07) is 0.732. The van der Waals surface area contributed by atoms with Gasteiger partial charge < -0.3 is 5.32 Å². The summed E-state index contributed by atoms with van der Waals surface area (Å²) in [5.41, 5.74) is 0. The quantitative estimate of drug-likeness (QED) is 0.752. The van der Waals surface area contributed by atoms with E-state index in [0.29, 0.717) is 0 Å². The van der Waals surface area contributed by atoms with Crippen molar-refractivity contribution in [3.8, 4) is 0 Å². The maximum atomic E-state index is 4.73. The lowest BCUT2D eigenvalue weighted by Gasteiger charge is -2.36. The first-order valence-electron chi connectivity index (χ1n) is 7.33. The number of amidine groups is 1. The third kappa shape index (κ3) is 4.69. The molecule has 18 heavy (non-hydrogen) atoms. The molecule has 2 aliphatic rings. The molecule has 0 aromatic heterocycles. The van der Waals surface area contributed by atoms with Gasteiger partial charge in [0.15, 0.2) is 5.17 Å². The Morgan fingerprint density at radius 2 is 2.17 bits per heavy atom. The highest BCUT2D eigenvalue weighted by Crippen LogP contribution is 2.31. The number of aliphatic imine (C=N–C) groups is 1. The molecule has 1 saturated heterocycles. The van der Waals surface area contributed by atoms with Crippen LogP contribution in [0, 0.1) is 5.92 Å². The average Bonchev–Trinajstić information content (AvgIpc) is 2.42. The van der Waals surface area contributed by atoms with Gasteiger partial charge in [0.2, 0.25) is 0 Å². The van der Waals surface area contributed by atoms with Crippen molar-refractivity contribution in [1.29, 1.82) is 0 Å². The molecule has 2 fully saturated rings. The van der Waals surface area contributed by atoms with Crippen LogP contribution in [-0.4, -0.2) is 35.5 Å². The summed E-state index contributed by atoms with van der Waals surface area (Å²) in [4.78, 5) is 4.73. The van der Waals surface area contributed by atoms with Gasteiger partial charge in [0, 0.05) is 18.3 Å². The maximum absolute atomic E-state index is 4.73. The molecule has 0 amide bonds. The lowest BCUT2D eigenvalue weighted by atomic mass is 9.86. The molecular weight excluding hydrogens is 260 g/mol. The van der Waals surface area contributed by atoms with Crippen molar-refractivity contribution in [1.82, 2.24) is 5.32 Å². The molecule has 0 aromatic carbocycles. The third-order valence-electron chi connectivity index (χ3n) is 3.91. The number of nitrogens with zero attached hydrogens (tertiary/aromatic N) is 1. The number of hydrogen-bond donors (Lipinski definition) is 1. The number of fused-ring (bicyclic) bond motifs is 1. The molecule has 0 spiro atoms. The van der Waals surface area contributed by atoms with Crippen LogP contribution >= 0.6 is 23.5 Å². The number of thioether (sulfide) groups is 2. The fraction of sp³-hybridized carbons (Fsp3) is 0.929. The van der Waals surface area contributed by atoms with Crippen LogP contribution in [0.2, 0.25) is 0 Å². The van der Waals surface area contributed by atoms with Crippen LogP contribution < -0.4 is 5.32 Å². The SMILES string of the molecule is CSCCCCCN=C1NC2CCCCC2CS1. The highest BCUT2D eigenvalue weighted by molar-refractivity contribution is 8.13. The number of unbranched alkanes of at least 4 members (excludes halogenated alkanes) is 2. The number of hydrogen-bond acceptors (Lipinski definition) is 3. The zero-order chi connectivity index (χ0) is 12.6. The van der Waals surface area contributed by atoms with Gasteiger partial charge >= 0.3 is 0 Å². The minimum Gasteiger partial charge on any atom is -0.362 e. The Balaban J connectivity index is 1.63. The van der Waals surface area contributed by atoms with E-state index in [9.17, 15) is 0 Å². The van der Waals surface area contributed by atoms with Gasteiger partial charge in [-0.3, -0.25) is 4.99 Å². The standard InChI is InChI=1S/C14H26N2S2/c1-17-10-6-2-5-9-15-14-16-13-8-4-3-7-12(13)11-18-14/h12-13H,2-11H2,1H3,(H,15,16). The topological polar surface area (TPSA) is 24.4 Å². The summed E-state index contributed by atoms with van der Waals surface area (Å²) in [6.45, 7) is 1.01. The van der Waals surface area contributed by atoms with E-state index in [1.807, 2.05) is 23.5 Å². The molecular formula is C14H26N2S2. The van der Waals surface area contributed by atoms with Crippen LogP contribution in [0.1, 0.15) is 44.9 Å². The van der Waals surface area contributed by atoms with Gasteiger partial charge in [-0.2, -0.15) is 11.8 Å². The summed E-state index contributed by atoms with van der Waals surface area (Å²) in [7, 11) is 0. The fourth-order valence-corrected chi connectivity index (χ4v) is 4.47. The summed E-state index contributed by atoms with van der Waals surface area (Å²) >= 11 is 3.90. The molecule has 1 aliphatic carbocycles. The largest absolute Gasteiger partial charge is 0.362 e. The first-order chi connectivity index (χ1) is 8.90. The summed E-state index contributed by atoms with van der Waals surface area (Å²) in [6.07, 6.45) is 11.7. The van der Waals surface area contributed by atoms with E-state index in [2.05, 4.69) is 11.6 Å². The van der Waals surface area contributed by atoms with Gasteiger partial charge in [0.05, 0.1) is 0 Å². The monoisotopic (exact) mass is 286 g/mol. The molecule has 0 bridgehead atoms. The van der Waals surface area contributed by atoms with Crippen LogP contribution in [0.25, 0.3) is 0 Å². The predicted octanol–water partition coefficient (Wildman–Crippen LogP) is 3.77. The number of rotatable bonds is 6. The van der Waals surface area contributed by atoms with Gasteiger partial charge in [-0.25, -0.2) is 0 Å². The second-order valence-corrected chi connectivity index (χ2v) is 7.34. The molecule has 4 heteroatoms. The third-order valence-corrected chi connectivity index (χ3v) is 5.73. The van der Waals surface area contributed by atoms with Gasteiger partial charge in [0.25, 0.3) is 0 Å². The van der Waals surface area contributed by atoms with Gasteiger partial charge in [-0.1, -0.05) is 31.0 Å². The van der Waals surface area contributed by atoms with E-state index in [0.717, 1.165) is 18.5 Å². The Morgan fingerprint density at radius 1 is 1.28 bits per heavy atom. The highest BCUT2D eigenvalue weighted by Gasteiger charge is 2.29. The van der Waals surface area contributed by atoms with Crippen molar-refractivity contribution in [3.05, 3.63) is 0 Å². The fourth-order valence-electron chi connectivity index (χ4n) is 2.79. The Bertz CT molecular complexity index is 269. The van der Waals surface area contributed by atoms with Crippen LogP contribution in [0.15, 0.2) is 4.99 Å². The average molecular weight is 287 g/mol. The lowest BCUT2D eigenvalue weighted by Crippen LogP contribution is -2.46. The molecule has 1 N–H and O–H groups in total. The van der Waals surface area contributed by atoms with E-state index in [-0.39, 0.29) is 0 Å². The molecule has 104 valence electrons. The smallest absolute Gasteiger partial charge is 0.156 e. The Kier molecular flexibility index (Phi) is 6.77. The second-order valence-electron chi connectivity index (χ2n) is 5.35. The van der Waals surface area contributed by atoms with E-state index in [1.165, 1.54) is 61.6 Å². The molecule has 1 heterocycles. The zero-order valence-corrected chi connectivity index (χ0v) is 13.1. The minimum atomic E-state index is 0.732. The van der Waals surface area contributed by atoms with Crippen LogP contribution in [0.5, 0.6) is 0 Å². The van der Waals surface area contributed by atoms with Crippen LogP contribution in [0.4, 0.5) is 0 Å². The summed E-state index contributed by atoms with van der Waals surface area (Å²) < 4.78 is 0. The molecule has 2 unspecified atom stereocenters. The minimum absolute atomic E-state index is 0.732. The van der Waals surface area contributed by atoms with Gasteiger partial charge in [-0.15, -0.1) is 0 Å². The summed E-state index contributed by atoms with van der Waals surface area (Å²) in [5, 5.41) is 4.89. The van der Waals surface area contributed by atoms with E-state index >= 15 is 0 Å². The first kappa shape index (κ1) is 14.6. The Hall–Kier alpha value is 0.170. The number of nitrogens with one attached hydrogen (secondary N) is 1. The summed E-state index contributed by atoms with van der Waals surface area (Å²) in [5.74, 6) is 3.50. The maximum Gasteiger partial charge on any atom is 0.156 e. The molecule has 0 radical (unpaired) electrons. The van der Waals surface area contributed by atoms with Crippen molar-refractivity contribution < 1.29 is 0 Å². The van der Waals surface area contributed by atoms with Crippen molar-refractivity contribution in [3.63, 3.8) is 0 Å². The van der Waals surface area contributed by atoms with Crippen molar-refractivity contribution in [2.24, 2.45) is 10.9 Å². The molecule has 1 aliphatic heterocycles. The van der Waals surface area contributed by atoms with Crippen LogP contribution in [-0.2, 0) is 0 Å². The van der Waals surface area contributed by atoms with Gasteiger partial charge in [-0.05, 0) is 43.6 Å². The highest BCUT2D eigenvalue weighted by atomic mass is 32.2. The molecule has 2 atom stereocenters. The molecule has 0 aromatic rings. The van der Waals surface area contributed by atoms with E-state index < -0.39 is 0 Å². The second kappa shape index (κ2) is 8.36.